The summed E-state index contributed by atoms with van der Waals surface area (Å²) in [6.07, 6.45) is 4.31. The van der Waals surface area contributed by atoms with Crippen LogP contribution < -0.4 is 14.2 Å². The van der Waals surface area contributed by atoms with E-state index in [0.29, 0.717) is 12.0 Å². The van der Waals surface area contributed by atoms with Gasteiger partial charge in [0, 0.05) is 11.8 Å². The molecule has 0 aromatic heterocycles. The fraction of sp³-hybridized carbons (Fsp3) is 0.286. The van der Waals surface area contributed by atoms with Crippen LogP contribution in [0.25, 0.3) is 6.08 Å². The number of carbonyl (C=O) groups excluding carboxylic acids is 1. The van der Waals surface area contributed by atoms with Gasteiger partial charge >= 0.3 is 10.1 Å². The molecule has 0 unspecified atom stereocenters. The van der Waals surface area contributed by atoms with Crippen molar-refractivity contribution in [1.29, 1.82) is 0 Å². The lowest BCUT2D eigenvalue weighted by Crippen LogP contribution is -2.14. The van der Waals surface area contributed by atoms with Crippen molar-refractivity contribution < 1.29 is 22.1 Å². The summed E-state index contributed by atoms with van der Waals surface area (Å²) in [6, 6.07) is 12.3. The topological polar surface area (TPSA) is 81.7 Å². The van der Waals surface area contributed by atoms with Crippen LogP contribution in [0.3, 0.4) is 0 Å². The van der Waals surface area contributed by atoms with Gasteiger partial charge in [-0.15, -0.1) is 0 Å². The van der Waals surface area contributed by atoms with Crippen LogP contribution in [-0.4, -0.2) is 27.2 Å². The first-order valence-corrected chi connectivity index (χ1v) is 10.6. The van der Waals surface area contributed by atoms with Gasteiger partial charge < -0.3 is 14.2 Å². The zero-order chi connectivity index (χ0) is 20.6. The molecule has 2 aromatic carbocycles. The number of carbonyl (C=O) groups is 1. The number of nitrogens with one attached hydrogen (secondary N) is 1. The van der Waals surface area contributed by atoms with Crippen LogP contribution >= 0.6 is 0 Å². The number of benzene rings is 2. The Hall–Kier alpha value is -2.80. The molecule has 0 aliphatic carbocycles. The first kappa shape index (κ1) is 21.5. The van der Waals surface area contributed by atoms with Crippen molar-refractivity contribution in [3.05, 3.63) is 59.7 Å². The lowest BCUT2D eigenvalue weighted by molar-refractivity contribution is -0.111. The Morgan fingerprint density at radius 2 is 1.89 bits per heavy atom. The molecule has 1 N–H and O–H groups in total. The van der Waals surface area contributed by atoms with Gasteiger partial charge in [-0.1, -0.05) is 37.6 Å². The average Bonchev–Trinajstić information content (AvgIpc) is 2.67. The van der Waals surface area contributed by atoms with Gasteiger partial charge in [-0.2, -0.15) is 8.42 Å². The summed E-state index contributed by atoms with van der Waals surface area (Å²) in [5, 5.41) is 2.81. The smallest absolute Gasteiger partial charge is 0.309 e. The molecule has 0 spiro atoms. The number of para-hydroxylation sites is 1. The van der Waals surface area contributed by atoms with Crippen molar-refractivity contribution in [2.24, 2.45) is 0 Å². The van der Waals surface area contributed by atoms with E-state index in [0.717, 1.165) is 17.7 Å². The summed E-state index contributed by atoms with van der Waals surface area (Å²) in [5.74, 6) is 0.0882. The molecule has 0 aliphatic rings. The van der Waals surface area contributed by atoms with Crippen LogP contribution in [0.2, 0.25) is 0 Å². The van der Waals surface area contributed by atoms with E-state index >= 15 is 0 Å². The first-order chi connectivity index (χ1) is 13.3. The van der Waals surface area contributed by atoms with Crippen molar-refractivity contribution in [1.82, 2.24) is 0 Å². The minimum absolute atomic E-state index is 0.0482. The molecule has 0 aliphatic heterocycles. The van der Waals surface area contributed by atoms with E-state index in [9.17, 15) is 13.2 Å². The zero-order valence-corrected chi connectivity index (χ0v) is 17.1. The molecule has 150 valence electrons. The third-order valence-electron chi connectivity index (χ3n) is 3.98. The Bertz CT molecular complexity index is 951. The van der Waals surface area contributed by atoms with E-state index in [1.54, 1.807) is 18.2 Å². The summed E-state index contributed by atoms with van der Waals surface area (Å²) >= 11 is 0. The number of rotatable bonds is 9. The second-order valence-electron chi connectivity index (χ2n) is 6.25. The Morgan fingerprint density at radius 1 is 1.14 bits per heavy atom. The fourth-order valence-corrected chi connectivity index (χ4v) is 3.55. The lowest BCUT2D eigenvalue weighted by atomic mass is 10.2. The Balaban J connectivity index is 2.09. The average molecular weight is 404 g/mol. The summed E-state index contributed by atoms with van der Waals surface area (Å²) in [5.41, 5.74) is 2.39. The SMILES string of the molecule is CCCCS(=O)(=O)Oc1ccc(/C=C/C(=O)Nc2ccccc2C)cc1OC. The van der Waals surface area contributed by atoms with Gasteiger partial charge in [0.15, 0.2) is 11.5 Å². The van der Waals surface area contributed by atoms with E-state index in [-0.39, 0.29) is 23.2 Å². The molecule has 0 radical (unpaired) electrons. The fourth-order valence-electron chi connectivity index (χ4n) is 2.42. The normalized spacial score (nSPS) is 11.4. The van der Waals surface area contributed by atoms with Gasteiger partial charge in [0.1, 0.15) is 0 Å². The van der Waals surface area contributed by atoms with Gasteiger partial charge in [0.25, 0.3) is 0 Å². The molecule has 7 heteroatoms. The number of methoxy groups -OCH3 is 1. The molecule has 1 amide bonds. The number of unbranched alkanes of at least 4 members (excludes halogenated alkanes) is 1. The van der Waals surface area contributed by atoms with Crippen LogP contribution in [0, 0.1) is 6.92 Å². The van der Waals surface area contributed by atoms with Crippen molar-refractivity contribution in [3.63, 3.8) is 0 Å². The van der Waals surface area contributed by atoms with E-state index < -0.39 is 10.1 Å². The number of hydrogen-bond acceptors (Lipinski definition) is 5. The number of ether oxygens (including phenoxy) is 1. The maximum Gasteiger partial charge on any atom is 0.309 e. The number of anilines is 1. The van der Waals surface area contributed by atoms with E-state index in [4.69, 9.17) is 8.92 Å². The number of aryl methyl sites for hydroxylation is 1. The third kappa shape index (κ3) is 6.42. The maximum absolute atomic E-state index is 12.1. The summed E-state index contributed by atoms with van der Waals surface area (Å²) < 4.78 is 34.3. The molecule has 0 heterocycles. The van der Waals surface area contributed by atoms with Crippen molar-refractivity contribution in [2.45, 2.75) is 26.7 Å². The molecule has 2 rings (SSSR count). The number of amides is 1. The van der Waals surface area contributed by atoms with Crippen molar-refractivity contribution >= 4 is 27.8 Å². The highest BCUT2D eigenvalue weighted by Crippen LogP contribution is 2.30. The second-order valence-corrected chi connectivity index (χ2v) is 7.94. The van der Waals surface area contributed by atoms with E-state index in [2.05, 4.69) is 5.32 Å². The van der Waals surface area contributed by atoms with Crippen molar-refractivity contribution in [2.75, 3.05) is 18.2 Å². The molecule has 0 fully saturated rings. The van der Waals surface area contributed by atoms with Crippen LogP contribution in [0.1, 0.15) is 30.9 Å². The molecule has 0 saturated heterocycles. The molecular formula is C21H25NO5S. The first-order valence-electron chi connectivity index (χ1n) is 8.99. The van der Waals surface area contributed by atoms with Crippen LogP contribution in [0.5, 0.6) is 11.5 Å². The molecule has 0 atom stereocenters. The van der Waals surface area contributed by atoms with Crippen molar-refractivity contribution in [3.8, 4) is 11.5 Å². The summed E-state index contributed by atoms with van der Waals surface area (Å²) in [6.45, 7) is 3.82. The maximum atomic E-state index is 12.1. The standard InChI is InChI=1S/C21H25NO5S/c1-4-5-14-28(24,25)27-19-12-10-17(15-20(19)26-3)11-13-21(23)22-18-9-7-6-8-16(18)2/h6-13,15H,4-5,14H2,1-3H3,(H,22,23)/b13-11+. The minimum Gasteiger partial charge on any atom is -0.493 e. The number of hydrogen-bond donors (Lipinski definition) is 1. The van der Waals surface area contributed by atoms with Gasteiger partial charge in [0.2, 0.25) is 5.91 Å². The molecule has 0 saturated carbocycles. The Kier molecular flexibility index (Phi) is 7.63. The van der Waals surface area contributed by atoms with E-state index in [1.807, 2.05) is 38.1 Å². The molecule has 28 heavy (non-hydrogen) atoms. The van der Waals surface area contributed by atoms with Gasteiger partial charge in [0.05, 0.1) is 12.9 Å². The molecule has 2 aromatic rings. The highest BCUT2D eigenvalue weighted by molar-refractivity contribution is 7.87. The third-order valence-corrected chi connectivity index (χ3v) is 5.20. The molecule has 0 bridgehead atoms. The zero-order valence-electron chi connectivity index (χ0n) is 16.3. The molecular weight excluding hydrogens is 378 g/mol. The second kappa shape index (κ2) is 9.94. The largest absolute Gasteiger partial charge is 0.493 e. The predicted octanol–water partition coefficient (Wildman–Crippen LogP) is 4.16. The summed E-state index contributed by atoms with van der Waals surface area (Å²) in [4.78, 5) is 12.1. The highest BCUT2D eigenvalue weighted by atomic mass is 32.2. The predicted molar refractivity (Wildman–Crippen MR) is 111 cm³/mol. The van der Waals surface area contributed by atoms with Gasteiger partial charge in [-0.25, -0.2) is 0 Å². The Labute approximate surface area is 166 Å². The van der Waals surface area contributed by atoms with Gasteiger partial charge in [-0.3, -0.25) is 4.79 Å². The lowest BCUT2D eigenvalue weighted by Gasteiger charge is -2.11. The van der Waals surface area contributed by atoms with Crippen LogP contribution in [-0.2, 0) is 14.9 Å². The quantitative estimate of drug-likeness (QED) is 0.502. The van der Waals surface area contributed by atoms with Crippen LogP contribution in [0.4, 0.5) is 5.69 Å². The van der Waals surface area contributed by atoms with Crippen LogP contribution in [0.15, 0.2) is 48.5 Å². The minimum atomic E-state index is -3.67. The molecule has 6 nitrogen and oxygen atoms in total. The van der Waals surface area contributed by atoms with E-state index in [1.165, 1.54) is 19.3 Å². The summed E-state index contributed by atoms with van der Waals surface area (Å²) in [7, 11) is -2.24. The highest BCUT2D eigenvalue weighted by Gasteiger charge is 2.15. The van der Waals surface area contributed by atoms with Gasteiger partial charge in [-0.05, 0) is 48.7 Å². The Morgan fingerprint density at radius 3 is 2.57 bits per heavy atom. The monoisotopic (exact) mass is 403 g/mol.